The number of nitrogens with zero attached hydrogens (tertiary/aromatic N) is 2. The molecule has 1 N–H and O–H groups in total. The smallest absolute Gasteiger partial charge is 0.0669 e. The highest BCUT2D eigenvalue weighted by Crippen LogP contribution is 2.23. The number of hydrogen-bond donors (Lipinski definition) is 1. The molecule has 1 heterocycles. The van der Waals surface area contributed by atoms with Gasteiger partial charge in [0.1, 0.15) is 0 Å². The Hall–Kier alpha value is -1.09. The average Bonchev–Trinajstić information content (AvgIpc) is 2.75. The molecule has 0 saturated carbocycles. The fourth-order valence-electron chi connectivity index (χ4n) is 2.27. The van der Waals surface area contributed by atoms with E-state index in [1.165, 1.54) is 24.1 Å². The van der Waals surface area contributed by atoms with Crippen LogP contribution >= 0.6 is 0 Å². The van der Waals surface area contributed by atoms with E-state index in [2.05, 4.69) is 37.0 Å². The summed E-state index contributed by atoms with van der Waals surface area (Å²) in [5.74, 6) is 0. The highest BCUT2D eigenvalue weighted by atomic mass is 15.3. The van der Waals surface area contributed by atoms with Gasteiger partial charge in [-0.3, -0.25) is 4.68 Å². The lowest BCUT2D eigenvalue weighted by atomic mass is 10.0. The van der Waals surface area contributed by atoms with Crippen LogP contribution in [-0.4, -0.2) is 16.3 Å². The lowest BCUT2D eigenvalue weighted by Crippen LogP contribution is -2.22. The van der Waals surface area contributed by atoms with Crippen molar-refractivity contribution in [1.82, 2.24) is 15.1 Å². The summed E-state index contributed by atoms with van der Waals surface area (Å²) >= 11 is 0. The molecule has 0 aromatic carbocycles. The molecule has 0 saturated heterocycles. The largest absolute Gasteiger partial charge is 0.310 e. The van der Waals surface area contributed by atoms with Crippen LogP contribution in [0.25, 0.3) is 0 Å². The van der Waals surface area contributed by atoms with Gasteiger partial charge in [0.05, 0.1) is 5.69 Å². The maximum Gasteiger partial charge on any atom is 0.0669 e. The molecule has 0 aliphatic rings. The Balaban J connectivity index is 2.75. The van der Waals surface area contributed by atoms with Crippen molar-refractivity contribution in [2.75, 3.05) is 6.54 Å². The van der Waals surface area contributed by atoms with E-state index < -0.39 is 0 Å². The molecule has 1 unspecified atom stereocenters. The molecule has 102 valence electrons. The van der Waals surface area contributed by atoms with Crippen LogP contribution in [0.2, 0.25) is 0 Å². The minimum atomic E-state index is 0.438. The Morgan fingerprint density at radius 3 is 2.89 bits per heavy atom. The van der Waals surface area contributed by atoms with Crippen molar-refractivity contribution in [3.63, 3.8) is 0 Å². The molecule has 1 atom stereocenters. The monoisotopic (exact) mass is 249 g/mol. The Labute approximate surface area is 111 Å². The van der Waals surface area contributed by atoms with Crippen LogP contribution in [-0.2, 0) is 13.5 Å². The highest BCUT2D eigenvalue weighted by Gasteiger charge is 2.16. The van der Waals surface area contributed by atoms with Gasteiger partial charge in [-0.2, -0.15) is 5.10 Å². The first-order chi connectivity index (χ1) is 8.72. The molecule has 0 spiro atoms. The molecule has 1 aromatic rings. The minimum Gasteiger partial charge on any atom is -0.310 e. The van der Waals surface area contributed by atoms with Gasteiger partial charge in [0, 0.05) is 24.8 Å². The second-order valence-electron chi connectivity index (χ2n) is 4.78. The molecule has 1 aromatic heterocycles. The summed E-state index contributed by atoms with van der Waals surface area (Å²) in [6.07, 6.45) is 9.77. The molecule has 0 fully saturated rings. The number of rotatable bonds is 9. The summed E-state index contributed by atoms with van der Waals surface area (Å²) in [5.41, 5.74) is 2.60. The lowest BCUT2D eigenvalue weighted by Gasteiger charge is -2.18. The third kappa shape index (κ3) is 4.30. The summed E-state index contributed by atoms with van der Waals surface area (Å²) in [4.78, 5) is 0. The molecular formula is C15H27N3. The third-order valence-corrected chi connectivity index (χ3v) is 3.19. The van der Waals surface area contributed by atoms with E-state index in [1.54, 1.807) is 0 Å². The van der Waals surface area contributed by atoms with Crippen molar-refractivity contribution in [1.29, 1.82) is 0 Å². The van der Waals surface area contributed by atoms with Crippen molar-refractivity contribution >= 4 is 0 Å². The van der Waals surface area contributed by atoms with E-state index in [1.807, 2.05) is 17.8 Å². The summed E-state index contributed by atoms with van der Waals surface area (Å²) in [6.45, 7) is 9.24. The van der Waals surface area contributed by atoms with Crippen LogP contribution in [0.5, 0.6) is 0 Å². The molecule has 0 aliphatic heterocycles. The molecule has 0 aliphatic carbocycles. The Kier molecular flexibility index (Phi) is 6.73. The fourth-order valence-corrected chi connectivity index (χ4v) is 2.27. The van der Waals surface area contributed by atoms with Gasteiger partial charge >= 0.3 is 0 Å². The summed E-state index contributed by atoms with van der Waals surface area (Å²) in [5, 5.41) is 8.19. The Morgan fingerprint density at radius 2 is 2.28 bits per heavy atom. The number of aryl methyl sites for hydroxylation is 2. The molecule has 3 heteroatoms. The zero-order valence-electron chi connectivity index (χ0n) is 12.1. The lowest BCUT2D eigenvalue weighted by molar-refractivity contribution is 0.483. The van der Waals surface area contributed by atoms with Gasteiger partial charge in [-0.1, -0.05) is 19.9 Å². The molecule has 18 heavy (non-hydrogen) atoms. The van der Waals surface area contributed by atoms with Crippen LogP contribution in [0.1, 0.15) is 56.8 Å². The van der Waals surface area contributed by atoms with Gasteiger partial charge < -0.3 is 5.32 Å². The van der Waals surface area contributed by atoms with Crippen molar-refractivity contribution < 1.29 is 0 Å². The summed E-state index contributed by atoms with van der Waals surface area (Å²) in [7, 11) is 2.00. The Morgan fingerprint density at radius 1 is 1.50 bits per heavy atom. The Bertz CT molecular complexity index is 355. The molecule has 1 rings (SSSR count). The van der Waals surface area contributed by atoms with Gasteiger partial charge in [0.15, 0.2) is 0 Å². The predicted molar refractivity (Wildman–Crippen MR) is 77.7 cm³/mol. The third-order valence-electron chi connectivity index (χ3n) is 3.19. The highest BCUT2D eigenvalue weighted by molar-refractivity contribution is 5.21. The van der Waals surface area contributed by atoms with Crippen molar-refractivity contribution in [2.24, 2.45) is 7.05 Å². The first-order valence-electron chi connectivity index (χ1n) is 7.09. The maximum atomic E-state index is 4.54. The van der Waals surface area contributed by atoms with Crippen molar-refractivity contribution in [3.8, 4) is 0 Å². The van der Waals surface area contributed by atoms with Crippen LogP contribution < -0.4 is 5.32 Å². The zero-order valence-corrected chi connectivity index (χ0v) is 12.1. The number of aromatic nitrogens is 2. The van der Waals surface area contributed by atoms with E-state index >= 15 is 0 Å². The molecular weight excluding hydrogens is 222 g/mol. The van der Waals surface area contributed by atoms with E-state index in [-0.39, 0.29) is 0 Å². The number of unbranched alkanes of at least 4 members (excludes halogenated alkanes) is 1. The molecule has 0 bridgehead atoms. The second-order valence-corrected chi connectivity index (χ2v) is 4.78. The standard InChI is InChI=1S/C15H27N3/c1-5-8-9-10-15(16-11-6-2)13-12-18(4)17-14(13)7-3/h5,12,15-16H,1,6-11H2,2-4H3. The number of nitrogens with one attached hydrogen (secondary N) is 1. The van der Waals surface area contributed by atoms with Crippen LogP contribution in [0.3, 0.4) is 0 Å². The predicted octanol–water partition coefficient (Wildman–Crippen LogP) is 3.38. The van der Waals surface area contributed by atoms with E-state index in [0.717, 1.165) is 25.8 Å². The molecule has 3 nitrogen and oxygen atoms in total. The first-order valence-corrected chi connectivity index (χ1v) is 7.09. The average molecular weight is 249 g/mol. The van der Waals surface area contributed by atoms with E-state index in [0.29, 0.717) is 6.04 Å². The van der Waals surface area contributed by atoms with Gasteiger partial charge in [-0.15, -0.1) is 6.58 Å². The zero-order chi connectivity index (χ0) is 13.4. The van der Waals surface area contributed by atoms with Gasteiger partial charge in [-0.25, -0.2) is 0 Å². The number of hydrogen-bond acceptors (Lipinski definition) is 2. The van der Waals surface area contributed by atoms with Crippen molar-refractivity contribution in [3.05, 3.63) is 30.1 Å². The molecule has 0 radical (unpaired) electrons. The van der Waals surface area contributed by atoms with Crippen LogP contribution in [0.4, 0.5) is 0 Å². The van der Waals surface area contributed by atoms with Crippen molar-refractivity contribution in [2.45, 2.75) is 52.0 Å². The van der Waals surface area contributed by atoms with Gasteiger partial charge in [-0.05, 0) is 38.6 Å². The van der Waals surface area contributed by atoms with Gasteiger partial charge in [0.25, 0.3) is 0 Å². The van der Waals surface area contributed by atoms with Gasteiger partial charge in [0.2, 0.25) is 0 Å². The van der Waals surface area contributed by atoms with Crippen LogP contribution in [0, 0.1) is 0 Å². The first kappa shape index (κ1) is 15.0. The normalized spacial score (nSPS) is 12.6. The van der Waals surface area contributed by atoms with E-state index in [4.69, 9.17) is 0 Å². The summed E-state index contributed by atoms with van der Waals surface area (Å²) in [6, 6.07) is 0.438. The van der Waals surface area contributed by atoms with E-state index in [9.17, 15) is 0 Å². The minimum absolute atomic E-state index is 0.438. The fraction of sp³-hybridized carbons (Fsp3) is 0.667. The second kappa shape index (κ2) is 8.09. The SMILES string of the molecule is C=CCCCC(NCCC)c1cn(C)nc1CC. The topological polar surface area (TPSA) is 29.9 Å². The number of allylic oxidation sites excluding steroid dienone is 1. The summed E-state index contributed by atoms with van der Waals surface area (Å²) < 4.78 is 1.93. The van der Waals surface area contributed by atoms with Crippen LogP contribution in [0.15, 0.2) is 18.9 Å². The quantitative estimate of drug-likeness (QED) is 0.537. The maximum absolute atomic E-state index is 4.54. The molecule has 0 amide bonds.